The molecule has 0 fully saturated rings. The van der Waals surface area contributed by atoms with Crippen LogP contribution in [-0.2, 0) is 20.9 Å². The van der Waals surface area contributed by atoms with Gasteiger partial charge in [-0.3, -0.25) is 4.79 Å². The van der Waals surface area contributed by atoms with E-state index in [4.69, 9.17) is 9.47 Å². The van der Waals surface area contributed by atoms with Gasteiger partial charge in [-0.15, -0.1) is 0 Å². The van der Waals surface area contributed by atoms with Crippen molar-refractivity contribution >= 4 is 18.0 Å². The Bertz CT molecular complexity index is 845. The first-order chi connectivity index (χ1) is 12.5. The second kappa shape index (κ2) is 7.82. The predicted molar refractivity (Wildman–Crippen MR) is 93.7 cm³/mol. The molecule has 0 spiro atoms. The first kappa shape index (κ1) is 17.7. The number of halogens is 1. The van der Waals surface area contributed by atoms with Crippen LogP contribution in [0.4, 0.5) is 4.39 Å². The summed E-state index contributed by atoms with van der Waals surface area (Å²) < 4.78 is 23.6. The highest BCUT2D eigenvalue weighted by Crippen LogP contribution is 2.26. The molecule has 0 bridgehead atoms. The number of carbonyl (C=O) groups excluding carboxylic acids is 2. The molecule has 1 atom stereocenters. The van der Waals surface area contributed by atoms with E-state index >= 15 is 0 Å². The molecule has 1 aliphatic heterocycles. The van der Waals surface area contributed by atoms with Crippen molar-refractivity contribution in [2.75, 3.05) is 6.61 Å². The number of carbonyl (C=O) groups is 2. The Balaban J connectivity index is 1.54. The van der Waals surface area contributed by atoms with Gasteiger partial charge in [0.1, 0.15) is 18.2 Å². The summed E-state index contributed by atoms with van der Waals surface area (Å²) >= 11 is 0. The minimum atomic E-state index is -0.957. The van der Waals surface area contributed by atoms with Crippen LogP contribution in [0.3, 0.4) is 0 Å². The molecule has 1 aliphatic rings. The average molecular weight is 355 g/mol. The van der Waals surface area contributed by atoms with Gasteiger partial charge in [-0.25, -0.2) is 9.18 Å². The maximum atomic E-state index is 12.9. The van der Waals surface area contributed by atoms with E-state index in [1.807, 2.05) is 24.3 Å². The number of rotatable bonds is 5. The zero-order valence-corrected chi connectivity index (χ0v) is 14.2. The first-order valence-electron chi connectivity index (χ1n) is 8.18. The summed E-state index contributed by atoms with van der Waals surface area (Å²) in [5.74, 6) is -0.662. The molecule has 0 saturated heterocycles. The first-order valence-corrected chi connectivity index (χ1v) is 8.18. The number of hydrogen-bond acceptors (Lipinski definition) is 4. The molecule has 26 heavy (non-hydrogen) atoms. The zero-order valence-electron chi connectivity index (χ0n) is 14.2. The fraction of sp³-hybridized carbons (Fsp3) is 0.200. The summed E-state index contributed by atoms with van der Waals surface area (Å²) in [5.41, 5.74) is 1.89. The van der Waals surface area contributed by atoms with Gasteiger partial charge >= 0.3 is 5.97 Å². The molecule has 1 heterocycles. The largest absolute Gasteiger partial charge is 0.488 e. The average Bonchev–Trinajstić information content (AvgIpc) is 2.66. The number of benzene rings is 2. The molecule has 1 N–H and O–H groups in total. The van der Waals surface area contributed by atoms with E-state index in [0.29, 0.717) is 11.3 Å². The lowest BCUT2D eigenvalue weighted by Gasteiger charge is -2.19. The van der Waals surface area contributed by atoms with Gasteiger partial charge in [0.05, 0.1) is 5.57 Å². The van der Waals surface area contributed by atoms with Crippen molar-refractivity contribution in [3.05, 3.63) is 71.0 Å². The van der Waals surface area contributed by atoms with E-state index in [0.717, 1.165) is 11.1 Å². The molecule has 2 aromatic carbocycles. The standard InChI is InChI=1S/C20H18FNO4/c1-13(19(23)22-11-14-6-8-17(21)9-7-14)26-20(24)16-10-15-4-2-3-5-18(15)25-12-16/h2-10,13H,11-12H2,1H3,(H,22,23)/t13-/m0/s1. The van der Waals surface area contributed by atoms with Crippen molar-refractivity contribution in [1.82, 2.24) is 5.32 Å². The molecule has 0 aromatic heterocycles. The van der Waals surface area contributed by atoms with Gasteiger partial charge < -0.3 is 14.8 Å². The lowest BCUT2D eigenvalue weighted by Crippen LogP contribution is -2.36. The highest BCUT2D eigenvalue weighted by atomic mass is 19.1. The van der Waals surface area contributed by atoms with E-state index in [2.05, 4.69) is 5.32 Å². The Hall–Kier alpha value is -3.15. The summed E-state index contributed by atoms with van der Waals surface area (Å²) in [6.45, 7) is 1.82. The summed E-state index contributed by atoms with van der Waals surface area (Å²) in [4.78, 5) is 24.3. The molecule has 1 amide bonds. The van der Waals surface area contributed by atoms with Crippen LogP contribution in [0, 0.1) is 5.82 Å². The third-order valence-electron chi connectivity index (χ3n) is 3.93. The maximum Gasteiger partial charge on any atom is 0.338 e. The van der Waals surface area contributed by atoms with E-state index in [-0.39, 0.29) is 19.0 Å². The number of fused-ring (bicyclic) bond motifs is 1. The normalized spacial score (nSPS) is 13.7. The molecule has 134 valence electrons. The number of esters is 1. The molecule has 0 saturated carbocycles. The number of para-hydroxylation sites is 1. The number of amides is 1. The lowest BCUT2D eigenvalue weighted by molar-refractivity contribution is -0.151. The maximum absolute atomic E-state index is 12.9. The summed E-state index contributed by atoms with van der Waals surface area (Å²) in [5, 5.41) is 2.65. The molecule has 6 heteroatoms. The van der Waals surface area contributed by atoms with Gasteiger partial charge in [-0.05, 0) is 36.8 Å². The highest BCUT2D eigenvalue weighted by Gasteiger charge is 2.23. The van der Waals surface area contributed by atoms with Crippen molar-refractivity contribution in [3.8, 4) is 5.75 Å². The van der Waals surface area contributed by atoms with Crippen LogP contribution in [0.2, 0.25) is 0 Å². The van der Waals surface area contributed by atoms with Gasteiger partial charge in [-0.2, -0.15) is 0 Å². The van der Waals surface area contributed by atoms with Crippen LogP contribution in [0.25, 0.3) is 6.08 Å². The van der Waals surface area contributed by atoms with E-state index in [1.165, 1.54) is 19.1 Å². The Morgan fingerprint density at radius 3 is 2.69 bits per heavy atom. The van der Waals surface area contributed by atoms with E-state index in [1.54, 1.807) is 18.2 Å². The van der Waals surface area contributed by atoms with Crippen LogP contribution in [0.1, 0.15) is 18.1 Å². The summed E-state index contributed by atoms with van der Waals surface area (Å²) in [6.07, 6.45) is 0.741. The van der Waals surface area contributed by atoms with Crippen LogP contribution in [0.15, 0.2) is 54.1 Å². The second-order valence-electron chi connectivity index (χ2n) is 5.89. The van der Waals surface area contributed by atoms with Gasteiger partial charge in [-0.1, -0.05) is 30.3 Å². The molecule has 2 aromatic rings. The van der Waals surface area contributed by atoms with Crippen molar-refractivity contribution in [1.29, 1.82) is 0 Å². The summed E-state index contributed by atoms with van der Waals surface area (Å²) in [7, 11) is 0. The Morgan fingerprint density at radius 2 is 1.92 bits per heavy atom. The van der Waals surface area contributed by atoms with Crippen molar-refractivity contribution < 1.29 is 23.5 Å². The quantitative estimate of drug-likeness (QED) is 0.838. The molecule has 0 aliphatic carbocycles. The molecule has 5 nitrogen and oxygen atoms in total. The monoisotopic (exact) mass is 355 g/mol. The van der Waals surface area contributed by atoms with Crippen molar-refractivity contribution in [2.24, 2.45) is 0 Å². The van der Waals surface area contributed by atoms with Crippen LogP contribution in [-0.4, -0.2) is 24.6 Å². The molecule has 0 unspecified atom stereocenters. The van der Waals surface area contributed by atoms with Crippen molar-refractivity contribution in [3.63, 3.8) is 0 Å². The van der Waals surface area contributed by atoms with E-state index in [9.17, 15) is 14.0 Å². The van der Waals surface area contributed by atoms with Gasteiger partial charge in [0.25, 0.3) is 5.91 Å². The molecular weight excluding hydrogens is 337 g/mol. The topological polar surface area (TPSA) is 64.6 Å². The van der Waals surface area contributed by atoms with Gasteiger partial charge in [0.2, 0.25) is 0 Å². The summed E-state index contributed by atoms with van der Waals surface area (Å²) in [6, 6.07) is 13.1. The fourth-order valence-electron chi connectivity index (χ4n) is 2.46. The smallest absolute Gasteiger partial charge is 0.338 e. The fourth-order valence-corrected chi connectivity index (χ4v) is 2.46. The van der Waals surface area contributed by atoms with Crippen LogP contribution >= 0.6 is 0 Å². The van der Waals surface area contributed by atoms with Crippen LogP contribution in [0.5, 0.6) is 5.75 Å². The molecule has 0 radical (unpaired) electrons. The Kier molecular flexibility index (Phi) is 5.31. The number of ether oxygens (including phenoxy) is 2. The highest BCUT2D eigenvalue weighted by molar-refractivity contribution is 5.96. The number of nitrogens with one attached hydrogen (secondary N) is 1. The third-order valence-corrected chi connectivity index (χ3v) is 3.93. The van der Waals surface area contributed by atoms with Crippen molar-refractivity contribution in [2.45, 2.75) is 19.6 Å². The Labute approximate surface area is 150 Å². The second-order valence-corrected chi connectivity index (χ2v) is 5.89. The predicted octanol–water partition coefficient (Wildman–Crippen LogP) is 2.85. The molecule has 3 rings (SSSR count). The van der Waals surface area contributed by atoms with E-state index < -0.39 is 18.0 Å². The third kappa shape index (κ3) is 4.27. The Morgan fingerprint density at radius 1 is 1.19 bits per heavy atom. The van der Waals surface area contributed by atoms with Gasteiger partial charge in [0.15, 0.2) is 6.10 Å². The lowest BCUT2D eigenvalue weighted by atomic mass is 10.1. The SMILES string of the molecule is C[C@H](OC(=O)C1=Cc2ccccc2OC1)C(=O)NCc1ccc(F)cc1. The minimum Gasteiger partial charge on any atom is -0.488 e. The van der Waals surface area contributed by atoms with Crippen LogP contribution < -0.4 is 10.1 Å². The van der Waals surface area contributed by atoms with Gasteiger partial charge in [0, 0.05) is 12.1 Å². The minimum absolute atomic E-state index is 0.0970. The number of hydrogen-bond donors (Lipinski definition) is 1. The molecular formula is C20H18FNO4. The zero-order chi connectivity index (χ0) is 18.5.